The molecule has 10 nitrogen and oxygen atoms in total. The summed E-state index contributed by atoms with van der Waals surface area (Å²) in [7, 11) is 0. The lowest BCUT2D eigenvalue weighted by Gasteiger charge is -2.19. The van der Waals surface area contributed by atoms with Crippen LogP contribution in [0.15, 0.2) is 57.3 Å². The lowest BCUT2D eigenvalue weighted by molar-refractivity contribution is -0.123. The summed E-state index contributed by atoms with van der Waals surface area (Å²) in [4.78, 5) is 31.6. The van der Waals surface area contributed by atoms with Gasteiger partial charge in [-0.2, -0.15) is 10.1 Å². The predicted molar refractivity (Wildman–Crippen MR) is 122 cm³/mol. The van der Waals surface area contributed by atoms with Crippen molar-refractivity contribution in [2.45, 2.75) is 45.5 Å². The molecule has 0 spiro atoms. The van der Waals surface area contributed by atoms with Gasteiger partial charge in [-0.3, -0.25) is 14.6 Å². The highest BCUT2D eigenvalue weighted by molar-refractivity contribution is 6.32. The van der Waals surface area contributed by atoms with Crippen LogP contribution in [0.3, 0.4) is 0 Å². The number of nitrogens with zero attached hydrogens (tertiary/aromatic N) is 6. The van der Waals surface area contributed by atoms with Gasteiger partial charge in [0.15, 0.2) is 12.1 Å². The van der Waals surface area contributed by atoms with Gasteiger partial charge in [0.25, 0.3) is 11.8 Å². The van der Waals surface area contributed by atoms with Crippen molar-refractivity contribution >= 4 is 29.1 Å². The third-order valence-electron chi connectivity index (χ3n) is 5.52. The van der Waals surface area contributed by atoms with Crippen molar-refractivity contribution in [2.24, 2.45) is 10.3 Å². The van der Waals surface area contributed by atoms with Crippen molar-refractivity contribution in [3.8, 4) is 17.1 Å². The maximum atomic E-state index is 13.2. The summed E-state index contributed by atoms with van der Waals surface area (Å²) in [6, 6.07) is 10.6. The number of aromatic nitrogens is 2. The second-order valence-corrected chi connectivity index (χ2v) is 8.75. The third-order valence-corrected chi connectivity index (χ3v) is 5.93. The van der Waals surface area contributed by atoms with Gasteiger partial charge >= 0.3 is 0 Å². The standard InChI is InChI=1S/C23H21ClN6O4/c1-12(2)33-16-8-5-14(6-9-16)21-25-18(34-27-21)11-29-20-19(26-28-29)22(31)30(23(20)32)15-7-4-13(3)17(24)10-15/h4-10,12,19-20H,11H2,1-3H3/t19-,20+/m0/s1. The molecule has 2 aliphatic rings. The molecule has 2 aromatic carbocycles. The van der Waals surface area contributed by atoms with Crippen molar-refractivity contribution in [3.05, 3.63) is 58.9 Å². The number of carbonyl (C=O) groups is 2. The molecule has 0 aliphatic carbocycles. The van der Waals surface area contributed by atoms with Gasteiger partial charge in [-0.05, 0) is 62.7 Å². The highest BCUT2D eigenvalue weighted by Gasteiger charge is 2.55. The molecule has 1 aromatic heterocycles. The van der Waals surface area contributed by atoms with Gasteiger partial charge in [0.2, 0.25) is 11.7 Å². The van der Waals surface area contributed by atoms with E-state index in [-0.39, 0.29) is 18.5 Å². The Hall–Kier alpha value is -3.79. The molecule has 2 amide bonds. The summed E-state index contributed by atoms with van der Waals surface area (Å²) in [5.41, 5.74) is 2.00. The van der Waals surface area contributed by atoms with Crippen LogP contribution in [0.25, 0.3) is 11.4 Å². The molecule has 0 radical (unpaired) electrons. The molecular formula is C23H21ClN6O4. The number of hydrogen-bond acceptors (Lipinski definition) is 9. The Morgan fingerprint density at radius 1 is 1.12 bits per heavy atom. The van der Waals surface area contributed by atoms with Crippen LogP contribution < -0.4 is 9.64 Å². The molecule has 11 heteroatoms. The lowest BCUT2D eigenvalue weighted by Crippen LogP contribution is -2.39. The molecule has 3 heterocycles. The normalized spacial score (nSPS) is 19.4. The van der Waals surface area contributed by atoms with Crippen molar-refractivity contribution < 1.29 is 18.8 Å². The Morgan fingerprint density at radius 3 is 2.59 bits per heavy atom. The molecule has 0 saturated carbocycles. The first kappa shape index (κ1) is 22.0. The fourth-order valence-electron chi connectivity index (χ4n) is 3.86. The molecule has 0 bridgehead atoms. The van der Waals surface area contributed by atoms with Crippen LogP contribution in [0.2, 0.25) is 5.02 Å². The summed E-state index contributed by atoms with van der Waals surface area (Å²) in [5, 5.41) is 13.9. The minimum atomic E-state index is -0.927. The van der Waals surface area contributed by atoms with Gasteiger partial charge in [-0.1, -0.05) is 28.0 Å². The predicted octanol–water partition coefficient (Wildman–Crippen LogP) is 3.98. The SMILES string of the molecule is Cc1ccc(N2C(=O)[C@H]3N=NN(Cc4nc(-c5ccc(OC(C)C)cc5)no4)[C@H]3C2=O)cc1Cl. The van der Waals surface area contributed by atoms with Crippen molar-refractivity contribution in [1.29, 1.82) is 0 Å². The molecule has 0 N–H and O–H groups in total. The molecule has 5 rings (SSSR count). The van der Waals surface area contributed by atoms with Crippen LogP contribution in [0, 0.1) is 6.92 Å². The van der Waals surface area contributed by atoms with Gasteiger partial charge < -0.3 is 9.26 Å². The van der Waals surface area contributed by atoms with Crippen molar-refractivity contribution in [3.63, 3.8) is 0 Å². The number of imide groups is 1. The number of halogens is 1. The topological polar surface area (TPSA) is 113 Å². The van der Waals surface area contributed by atoms with Gasteiger partial charge in [0, 0.05) is 10.6 Å². The first-order chi connectivity index (χ1) is 16.3. The van der Waals surface area contributed by atoms with Crippen LogP contribution in [0.1, 0.15) is 25.3 Å². The number of benzene rings is 2. The van der Waals surface area contributed by atoms with E-state index in [2.05, 4.69) is 20.5 Å². The molecule has 1 fully saturated rings. The molecule has 3 aromatic rings. The monoisotopic (exact) mass is 480 g/mol. The molecule has 174 valence electrons. The Balaban J connectivity index is 1.31. The first-order valence-corrected chi connectivity index (χ1v) is 11.1. The van der Waals surface area contributed by atoms with E-state index in [1.165, 1.54) is 5.01 Å². The van der Waals surface area contributed by atoms with Crippen LogP contribution in [0.5, 0.6) is 5.75 Å². The summed E-state index contributed by atoms with van der Waals surface area (Å²) in [5.74, 6) is 0.504. The molecule has 2 aliphatic heterocycles. The van der Waals surface area contributed by atoms with Crippen LogP contribution in [-0.2, 0) is 16.1 Å². The average molecular weight is 481 g/mol. The molecular weight excluding hydrogens is 460 g/mol. The lowest BCUT2D eigenvalue weighted by atomic mass is 10.1. The number of carbonyl (C=O) groups excluding carboxylic acids is 2. The minimum absolute atomic E-state index is 0.0354. The summed E-state index contributed by atoms with van der Waals surface area (Å²) < 4.78 is 11.0. The summed E-state index contributed by atoms with van der Waals surface area (Å²) in [6.45, 7) is 5.79. The zero-order valence-corrected chi connectivity index (χ0v) is 19.4. The van der Waals surface area contributed by atoms with Gasteiger partial charge in [0.05, 0.1) is 11.8 Å². The molecule has 2 atom stereocenters. The highest BCUT2D eigenvalue weighted by Crippen LogP contribution is 2.34. The maximum Gasteiger partial charge on any atom is 0.263 e. The van der Waals surface area contributed by atoms with E-state index in [1.807, 2.05) is 45.0 Å². The van der Waals surface area contributed by atoms with Crippen molar-refractivity contribution in [1.82, 2.24) is 15.1 Å². The average Bonchev–Trinajstić information content (AvgIpc) is 3.49. The Bertz CT molecular complexity index is 1290. The number of amides is 2. The Labute approximate surface area is 200 Å². The van der Waals surface area contributed by atoms with E-state index in [9.17, 15) is 9.59 Å². The number of anilines is 1. The van der Waals surface area contributed by atoms with E-state index < -0.39 is 23.9 Å². The molecule has 34 heavy (non-hydrogen) atoms. The van der Waals surface area contributed by atoms with Crippen molar-refractivity contribution in [2.75, 3.05) is 4.90 Å². The van der Waals surface area contributed by atoms with Gasteiger partial charge in [-0.25, -0.2) is 4.90 Å². The summed E-state index contributed by atoms with van der Waals surface area (Å²) >= 11 is 6.19. The second kappa shape index (κ2) is 8.53. The Morgan fingerprint density at radius 2 is 1.88 bits per heavy atom. The zero-order valence-electron chi connectivity index (χ0n) is 18.7. The van der Waals surface area contributed by atoms with Gasteiger partial charge in [0.1, 0.15) is 12.3 Å². The number of fused-ring (bicyclic) bond motifs is 1. The van der Waals surface area contributed by atoms with E-state index in [1.54, 1.807) is 18.2 Å². The van der Waals surface area contributed by atoms with Crippen LogP contribution in [0.4, 0.5) is 5.69 Å². The summed E-state index contributed by atoms with van der Waals surface area (Å²) in [6.07, 6.45) is 0.0742. The second-order valence-electron chi connectivity index (χ2n) is 8.34. The first-order valence-electron chi connectivity index (χ1n) is 10.7. The largest absolute Gasteiger partial charge is 0.491 e. The van der Waals surface area contributed by atoms with E-state index in [0.29, 0.717) is 16.5 Å². The third kappa shape index (κ3) is 3.90. The number of ether oxygens (including phenoxy) is 1. The van der Waals surface area contributed by atoms with Gasteiger partial charge in [-0.15, -0.1) is 0 Å². The number of hydrogen-bond donors (Lipinski definition) is 0. The minimum Gasteiger partial charge on any atom is -0.491 e. The Kier molecular flexibility index (Phi) is 5.52. The maximum absolute atomic E-state index is 13.2. The van der Waals surface area contributed by atoms with E-state index in [4.69, 9.17) is 20.9 Å². The number of rotatable bonds is 6. The van der Waals surface area contributed by atoms with E-state index >= 15 is 0 Å². The highest BCUT2D eigenvalue weighted by atomic mass is 35.5. The molecule has 0 unspecified atom stereocenters. The molecule has 1 saturated heterocycles. The fourth-order valence-corrected chi connectivity index (χ4v) is 4.03. The van der Waals surface area contributed by atoms with E-state index in [0.717, 1.165) is 21.8 Å². The zero-order chi connectivity index (χ0) is 24.0. The number of aryl methyl sites for hydroxylation is 1. The van der Waals surface area contributed by atoms with Crippen LogP contribution >= 0.6 is 11.6 Å². The van der Waals surface area contributed by atoms with Crippen LogP contribution in [-0.4, -0.2) is 45.2 Å². The fraction of sp³-hybridized carbons (Fsp3) is 0.304. The quantitative estimate of drug-likeness (QED) is 0.490. The smallest absolute Gasteiger partial charge is 0.263 e.